The number of benzene rings is 1. The lowest BCUT2D eigenvalue weighted by Crippen LogP contribution is -2.26. The number of rotatable bonds is 9. The fraction of sp³-hybridized carbons (Fsp3) is 0.250. The number of thioether (sulfide) groups is 1. The monoisotopic (exact) mass is 382 g/mol. The molecule has 0 radical (unpaired) electrons. The molecule has 134 valence electrons. The number of ether oxygens (including phenoxy) is 2. The highest BCUT2D eigenvalue weighted by molar-refractivity contribution is 7.99. The maximum Gasteiger partial charge on any atom is 0.343 e. The lowest BCUT2D eigenvalue weighted by molar-refractivity contribution is -0.142. The molecule has 1 aromatic carbocycles. The molecule has 0 amide bonds. The van der Waals surface area contributed by atoms with Gasteiger partial charge < -0.3 is 9.47 Å². The minimum atomic E-state index is -3.53. The van der Waals surface area contributed by atoms with E-state index in [1.165, 1.54) is 37.3 Å². The van der Waals surface area contributed by atoms with Crippen LogP contribution in [0.1, 0.15) is 0 Å². The molecule has 1 N–H and O–H groups in total. The number of aromatic nitrogens is 1. The average molecular weight is 382 g/mol. The highest BCUT2D eigenvalue weighted by Crippen LogP contribution is 2.21. The van der Waals surface area contributed by atoms with Crippen LogP contribution in [0.25, 0.3) is 0 Å². The predicted octanol–water partition coefficient (Wildman–Crippen LogP) is 1.70. The molecule has 0 aliphatic rings. The Bertz CT molecular complexity index is 780. The first-order valence-corrected chi connectivity index (χ1v) is 9.80. The van der Waals surface area contributed by atoms with Crippen molar-refractivity contribution in [2.24, 2.45) is 0 Å². The van der Waals surface area contributed by atoms with E-state index in [1.807, 2.05) is 12.1 Å². The van der Waals surface area contributed by atoms with Gasteiger partial charge in [0.1, 0.15) is 10.6 Å². The zero-order chi connectivity index (χ0) is 18.1. The second-order valence-corrected chi connectivity index (χ2v) is 7.71. The van der Waals surface area contributed by atoms with Crippen molar-refractivity contribution in [1.29, 1.82) is 0 Å². The van der Waals surface area contributed by atoms with E-state index in [2.05, 4.69) is 14.4 Å². The quantitative estimate of drug-likeness (QED) is 0.401. The molecule has 1 heterocycles. The van der Waals surface area contributed by atoms with Crippen LogP contribution in [0.15, 0.2) is 58.6 Å². The summed E-state index contributed by atoms with van der Waals surface area (Å²) in [5.74, 6) is 0.688. The van der Waals surface area contributed by atoms with E-state index in [0.717, 1.165) is 4.90 Å². The molecule has 0 spiro atoms. The maximum absolute atomic E-state index is 12.0. The van der Waals surface area contributed by atoms with Crippen LogP contribution in [0.3, 0.4) is 0 Å². The molecule has 0 aliphatic carbocycles. The SMILES string of the molecule is COC(=O)COc1ccc(SCCNS(=O)(=O)c2cccnc2)cc1. The summed E-state index contributed by atoms with van der Waals surface area (Å²) in [7, 11) is -2.23. The largest absolute Gasteiger partial charge is 0.482 e. The zero-order valence-corrected chi connectivity index (χ0v) is 15.2. The van der Waals surface area contributed by atoms with E-state index in [0.29, 0.717) is 18.0 Å². The molecule has 7 nitrogen and oxygen atoms in total. The molecule has 2 aromatic rings. The van der Waals surface area contributed by atoms with Gasteiger partial charge in [-0.05, 0) is 36.4 Å². The Morgan fingerprint density at radius 1 is 1.24 bits per heavy atom. The van der Waals surface area contributed by atoms with Gasteiger partial charge in [0.15, 0.2) is 6.61 Å². The normalized spacial score (nSPS) is 11.1. The number of carbonyl (C=O) groups excluding carboxylic acids is 1. The van der Waals surface area contributed by atoms with E-state index in [-0.39, 0.29) is 11.5 Å². The molecule has 0 aliphatic heterocycles. The number of hydrogen-bond donors (Lipinski definition) is 1. The summed E-state index contributed by atoms with van der Waals surface area (Å²) < 4.78 is 36.3. The third-order valence-corrected chi connectivity index (χ3v) is 5.48. The van der Waals surface area contributed by atoms with Crippen molar-refractivity contribution in [2.45, 2.75) is 9.79 Å². The van der Waals surface area contributed by atoms with Gasteiger partial charge in [0.05, 0.1) is 7.11 Å². The highest BCUT2D eigenvalue weighted by Gasteiger charge is 2.12. The van der Waals surface area contributed by atoms with E-state index < -0.39 is 16.0 Å². The smallest absolute Gasteiger partial charge is 0.343 e. The Morgan fingerprint density at radius 3 is 2.64 bits per heavy atom. The molecule has 1 aromatic heterocycles. The Labute approximate surface area is 150 Å². The summed E-state index contributed by atoms with van der Waals surface area (Å²) in [6.45, 7) is 0.154. The molecule has 0 unspecified atom stereocenters. The number of nitrogens with zero attached hydrogens (tertiary/aromatic N) is 1. The number of sulfonamides is 1. The third kappa shape index (κ3) is 6.37. The van der Waals surface area contributed by atoms with E-state index in [4.69, 9.17) is 4.74 Å². The molecule has 0 bridgehead atoms. The van der Waals surface area contributed by atoms with Gasteiger partial charge in [-0.3, -0.25) is 4.98 Å². The minimum Gasteiger partial charge on any atom is -0.482 e. The number of carbonyl (C=O) groups is 1. The molecule has 0 saturated carbocycles. The zero-order valence-electron chi connectivity index (χ0n) is 13.5. The van der Waals surface area contributed by atoms with Gasteiger partial charge in [-0.25, -0.2) is 17.9 Å². The maximum atomic E-state index is 12.0. The summed E-state index contributed by atoms with van der Waals surface area (Å²) in [4.78, 5) is 15.9. The van der Waals surface area contributed by atoms with Crippen LogP contribution in [0.5, 0.6) is 5.75 Å². The Morgan fingerprint density at radius 2 is 2.00 bits per heavy atom. The van der Waals surface area contributed by atoms with Crippen LogP contribution >= 0.6 is 11.8 Å². The molecule has 9 heteroatoms. The second-order valence-electron chi connectivity index (χ2n) is 4.77. The summed E-state index contributed by atoms with van der Waals surface area (Å²) in [5, 5.41) is 0. The van der Waals surface area contributed by atoms with Gasteiger partial charge in [-0.1, -0.05) is 0 Å². The van der Waals surface area contributed by atoms with Crippen molar-refractivity contribution < 1.29 is 22.7 Å². The van der Waals surface area contributed by atoms with Crippen LogP contribution in [0.2, 0.25) is 0 Å². The van der Waals surface area contributed by atoms with Gasteiger partial charge in [0.25, 0.3) is 0 Å². The first-order valence-electron chi connectivity index (χ1n) is 7.33. The van der Waals surface area contributed by atoms with Crippen LogP contribution in [-0.4, -0.2) is 45.4 Å². The summed E-state index contributed by atoms with van der Waals surface area (Å²) in [6.07, 6.45) is 2.83. The predicted molar refractivity (Wildman–Crippen MR) is 94.1 cm³/mol. The number of esters is 1. The minimum absolute atomic E-state index is 0.140. The number of methoxy groups -OCH3 is 1. The van der Waals surface area contributed by atoms with Crippen molar-refractivity contribution in [3.05, 3.63) is 48.8 Å². The molecule has 0 fully saturated rings. The molecular weight excluding hydrogens is 364 g/mol. The van der Waals surface area contributed by atoms with Crippen molar-refractivity contribution in [2.75, 3.05) is 26.0 Å². The fourth-order valence-electron chi connectivity index (χ4n) is 1.77. The Kier molecular flexibility index (Phi) is 7.23. The van der Waals surface area contributed by atoms with Gasteiger partial charge in [0, 0.05) is 29.6 Å². The van der Waals surface area contributed by atoms with Crippen LogP contribution in [-0.2, 0) is 19.6 Å². The van der Waals surface area contributed by atoms with Crippen LogP contribution in [0.4, 0.5) is 0 Å². The second kappa shape index (κ2) is 9.40. The van der Waals surface area contributed by atoms with Gasteiger partial charge in [-0.2, -0.15) is 0 Å². The van der Waals surface area contributed by atoms with Gasteiger partial charge in [-0.15, -0.1) is 11.8 Å². The van der Waals surface area contributed by atoms with Crippen molar-refractivity contribution >= 4 is 27.8 Å². The lowest BCUT2D eigenvalue weighted by atomic mass is 10.3. The van der Waals surface area contributed by atoms with E-state index >= 15 is 0 Å². The summed E-state index contributed by atoms with van der Waals surface area (Å²) in [6, 6.07) is 10.2. The summed E-state index contributed by atoms with van der Waals surface area (Å²) >= 11 is 1.50. The number of nitrogens with one attached hydrogen (secondary N) is 1. The standard InChI is InChI=1S/C16H18N2O5S2/c1-22-16(19)12-23-13-4-6-14(7-5-13)24-10-9-18-25(20,21)15-3-2-8-17-11-15/h2-8,11,18H,9-10,12H2,1H3. The van der Waals surface area contributed by atoms with Gasteiger partial charge in [0.2, 0.25) is 10.0 Å². The number of hydrogen-bond acceptors (Lipinski definition) is 7. The third-order valence-electron chi connectivity index (χ3n) is 3.02. The van der Waals surface area contributed by atoms with E-state index in [9.17, 15) is 13.2 Å². The molecule has 25 heavy (non-hydrogen) atoms. The number of pyridine rings is 1. The van der Waals surface area contributed by atoms with Crippen molar-refractivity contribution in [1.82, 2.24) is 9.71 Å². The average Bonchev–Trinajstić information content (AvgIpc) is 2.65. The van der Waals surface area contributed by atoms with E-state index in [1.54, 1.807) is 18.2 Å². The Hall–Kier alpha value is -2.10. The van der Waals surface area contributed by atoms with Crippen molar-refractivity contribution in [3.63, 3.8) is 0 Å². The fourth-order valence-corrected chi connectivity index (χ4v) is 3.66. The molecule has 2 rings (SSSR count). The first kappa shape index (κ1) is 19.2. The Balaban J connectivity index is 1.75. The van der Waals surface area contributed by atoms with Crippen LogP contribution in [0, 0.1) is 0 Å². The molecule has 0 saturated heterocycles. The molecular formula is C16H18N2O5S2. The first-order chi connectivity index (χ1) is 12.0. The lowest BCUT2D eigenvalue weighted by Gasteiger charge is -2.07. The highest BCUT2D eigenvalue weighted by atomic mass is 32.2. The van der Waals surface area contributed by atoms with Crippen LogP contribution < -0.4 is 9.46 Å². The summed E-state index contributed by atoms with van der Waals surface area (Å²) in [5.41, 5.74) is 0. The molecule has 0 atom stereocenters. The van der Waals surface area contributed by atoms with Crippen molar-refractivity contribution in [3.8, 4) is 5.75 Å². The van der Waals surface area contributed by atoms with Gasteiger partial charge >= 0.3 is 5.97 Å². The topological polar surface area (TPSA) is 94.6 Å².